The molecule has 1 aliphatic carbocycles. The molecular formula is C25H23NO. The molecule has 0 N–H and O–H groups in total. The fourth-order valence-corrected chi connectivity index (χ4v) is 5.31. The third-order valence-electron chi connectivity index (χ3n) is 6.60. The molecule has 1 fully saturated rings. The molecule has 6 rings (SSSR count). The lowest BCUT2D eigenvalue weighted by Gasteiger charge is -2.21. The fraction of sp³-hybridized carbons (Fsp3) is 0.280. The standard InChI is InChI=1S/C25H23NO/c1-26-21-13-6-5-10-18(21)19-14-15-22-23(24(19)26)20-12-7-11-17(25(20)27-22)16-8-3-2-4-9-16/h5-7,10-16H,2-4,8-9H2,1H3. The van der Waals surface area contributed by atoms with Crippen molar-refractivity contribution in [1.29, 1.82) is 0 Å². The molecule has 1 aliphatic rings. The first-order valence-electron chi connectivity index (χ1n) is 10.1. The van der Waals surface area contributed by atoms with Gasteiger partial charge in [0.25, 0.3) is 0 Å². The van der Waals surface area contributed by atoms with Gasteiger partial charge in [-0.2, -0.15) is 0 Å². The molecule has 0 saturated heterocycles. The number of aryl methyl sites for hydroxylation is 1. The van der Waals surface area contributed by atoms with Gasteiger partial charge in [-0.25, -0.2) is 0 Å². The molecule has 134 valence electrons. The molecule has 2 aromatic heterocycles. The van der Waals surface area contributed by atoms with Crippen LogP contribution in [-0.4, -0.2) is 4.57 Å². The molecule has 3 aromatic carbocycles. The lowest BCUT2D eigenvalue weighted by atomic mass is 9.83. The molecule has 2 heteroatoms. The number of hydrogen-bond donors (Lipinski definition) is 0. The third kappa shape index (κ3) is 2.07. The van der Waals surface area contributed by atoms with Crippen molar-refractivity contribution < 1.29 is 4.42 Å². The van der Waals surface area contributed by atoms with E-state index in [2.05, 4.69) is 66.2 Å². The molecule has 5 aromatic rings. The highest BCUT2D eigenvalue weighted by Crippen LogP contribution is 2.42. The molecular weight excluding hydrogens is 330 g/mol. The smallest absolute Gasteiger partial charge is 0.138 e. The van der Waals surface area contributed by atoms with Crippen LogP contribution >= 0.6 is 0 Å². The topological polar surface area (TPSA) is 18.1 Å². The minimum atomic E-state index is 0.644. The molecule has 0 atom stereocenters. The Balaban J connectivity index is 1.74. The van der Waals surface area contributed by atoms with Crippen LogP contribution in [0.25, 0.3) is 43.7 Å². The Kier molecular flexibility index (Phi) is 3.19. The second-order valence-corrected chi connectivity index (χ2v) is 8.07. The van der Waals surface area contributed by atoms with Crippen molar-refractivity contribution in [3.05, 3.63) is 60.2 Å². The average molecular weight is 353 g/mol. The quantitative estimate of drug-likeness (QED) is 0.310. The molecule has 2 heterocycles. The van der Waals surface area contributed by atoms with Crippen molar-refractivity contribution in [2.45, 2.75) is 38.0 Å². The minimum absolute atomic E-state index is 0.644. The lowest BCUT2D eigenvalue weighted by molar-refractivity contribution is 0.442. The van der Waals surface area contributed by atoms with E-state index in [0.29, 0.717) is 5.92 Å². The van der Waals surface area contributed by atoms with Gasteiger partial charge in [0, 0.05) is 28.7 Å². The summed E-state index contributed by atoms with van der Waals surface area (Å²) in [7, 11) is 2.17. The highest BCUT2D eigenvalue weighted by molar-refractivity contribution is 6.24. The first kappa shape index (κ1) is 15.3. The fourth-order valence-electron chi connectivity index (χ4n) is 5.31. The summed E-state index contributed by atoms with van der Waals surface area (Å²) in [5.41, 5.74) is 6.09. The number of benzene rings is 3. The van der Waals surface area contributed by atoms with E-state index in [0.717, 1.165) is 11.2 Å². The second kappa shape index (κ2) is 5.63. The Labute approximate surface area is 158 Å². The molecule has 0 radical (unpaired) electrons. The van der Waals surface area contributed by atoms with E-state index in [1.54, 1.807) is 0 Å². The van der Waals surface area contributed by atoms with Crippen LogP contribution in [0.15, 0.2) is 59.0 Å². The van der Waals surface area contributed by atoms with Gasteiger partial charge in [-0.05, 0) is 42.5 Å². The summed E-state index contributed by atoms with van der Waals surface area (Å²) in [6.45, 7) is 0. The largest absolute Gasteiger partial charge is 0.456 e. The lowest BCUT2D eigenvalue weighted by Crippen LogP contribution is -2.04. The zero-order valence-electron chi connectivity index (χ0n) is 15.7. The van der Waals surface area contributed by atoms with E-state index in [-0.39, 0.29) is 0 Å². The van der Waals surface area contributed by atoms with Crippen molar-refractivity contribution in [3.63, 3.8) is 0 Å². The summed E-state index contributed by atoms with van der Waals surface area (Å²) in [5, 5.41) is 5.16. The van der Waals surface area contributed by atoms with E-state index in [1.165, 1.54) is 70.2 Å². The van der Waals surface area contributed by atoms with Gasteiger partial charge in [0.2, 0.25) is 0 Å². The maximum atomic E-state index is 6.48. The van der Waals surface area contributed by atoms with Crippen LogP contribution in [0.3, 0.4) is 0 Å². The van der Waals surface area contributed by atoms with E-state index < -0.39 is 0 Å². The zero-order chi connectivity index (χ0) is 18.0. The van der Waals surface area contributed by atoms with Crippen molar-refractivity contribution in [2.75, 3.05) is 0 Å². The van der Waals surface area contributed by atoms with Crippen LogP contribution in [0.2, 0.25) is 0 Å². The van der Waals surface area contributed by atoms with Crippen molar-refractivity contribution in [1.82, 2.24) is 4.57 Å². The minimum Gasteiger partial charge on any atom is -0.456 e. The SMILES string of the molecule is Cn1c2ccccc2c2ccc3oc4c(C5CCCCC5)cccc4c3c21. The van der Waals surface area contributed by atoms with Gasteiger partial charge in [0.15, 0.2) is 0 Å². The maximum Gasteiger partial charge on any atom is 0.138 e. The molecule has 0 amide bonds. The van der Waals surface area contributed by atoms with Crippen LogP contribution in [0, 0.1) is 0 Å². The van der Waals surface area contributed by atoms with E-state index in [9.17, 15) is 0 Å². The Hall–Kier alpha value is -2.74. The Morgan fingerprint density at radius 1 is 0.815 bits per heavy atom. The Bertz CT molecular complexity index is 1310. The van der Waals surface area contributed by atoms with Crippen LogP contribution < -0.4 is 0 Å². The summed E-state index contributed by atoms with van der Waals surface area (Å²) >= 11 is 0. The molecule has 0 spiro atoms. The van der Waals surface area contributed by atoms with Gasteiger partial charge in [-0.3, -0.25) is 0 Å². The van der Waals surface area contributed by atoms with Crippen LogP contribution in [0.5, 0.6) is 0 Å². The third-order valence-corrected chi connectivity index (χ3v) is 6.60. The summed E-state index contributed by atoms with van der Waals surface area (Å²) in [5.74, 6) is 0.644. The number of furan rings is 1. The normalized spacial score (nSPS) is 16.2. The molecule has 1 saturated carbocycles. The van der Waals surface area contributed by atoms with Crippen LogP contribution in [0.4, 0.5) is 0 Å². The Morgan fingerprint density at radius 3 is 2.52 bits per heavy atom. The summed E-state index contributed by atoms with van der Waals surface area (Å²) < 4.78 is 8.81. The Morgan fingerprint density at radius 2 is 1.63 bits per heavy atom. The summed E-state index contributed by atoms with van der Waals surface area (Å²) in [4.78, 5) is 0. The van der Waals surface area contributed by atoms with Gasteiger partial charge >= 0.3 is 0 Å². The maximum absolute atomic E-state index is 6.48. The number of hydrogen-bond acceptors (Lipinski definition) is 1. The first-order valence-corrected chi connectivity index (χ1v) is 10.1. The van der Waals surface area contributed by atoms with Gasteiger partial charge in [0.1, 0.15) is 11.2 Å². The van der Waals surface area contributed by atoms with Gasteiger partial charge in [-0.15, -0.1) is 0 Å². The first-order chi connectivity index (χ1) is 13.3. The summed E-state index contributed by atoms with van der Waals surface area (Å²) in [6.07, 6.45) is 6.64. The van der Waals surface area contributed by atoms with Crippen LogP contribution in [-0.2, 0) is 7.05 Å². The molecule has 0 unspecified atom stereocenters. The van der Waals surface area contributed by atoms with E-state index >= 15 is 0 Å². The molecule has 27 heavy (non-hydrogen) atoms. The number of fused-ring (bicyclic) bond motifs is 7. The van der Waals surface area contributed by atoms with E-state index in [4.69, 9.17) is 4.42 Å². The van der Waals surface area contributed by atoms with Crippen molar-refractivity contribution in [3.8, 4) is 0 Å². The molecule has 0 aliphatic heterocycles. The van der Waals surface area contributed by atoms with Gasteiger partial charge < -0.3 is 8.98 Å². The number of nitrogens with zero attached hydrogens (tertiary/aromatic N) is 1. The number of para-hydroxylation sites is 2. The number of rotatable bonds is 1. The van der Waals surface area contributed by atoms with Crippen molar-refractivity contribution in [2.24, 2.45) is 7.05 Å². The van der Waals surface area contributed by atoms with Crippen LogP contribution in [0.1, 0.15) is 43.6 Å². The molecule has 2 nitrogen and oxygen atoms in total. The zero-order valence-corrected chi connectivity index (χ0v) is 15.7. The highest BCUT2D eigenvalue weighted by Gasteiger charge is 2.22. The predicted octanol–water partition coefficient (Wildman–Crippen LogP) is 7.28. The summed E-state index contributed by atoms with van der Waals surface area (Å²) in [6, 6.07) is 19.8. The number of aromatic nitrogens is 1. The average Bonchev–Trinajstić information content (AvgIpc) is 3.24. The monoisotopic (exact) mass is 353 g/mol. The molecule has 0 bridgehead atoms. The second-order valence-electron chi connectivity index (χ2n) is 8.07. The van der Waals surface area contributed by atoms with Crippen molar-refractivity contribution >= 4 is 43.7 Å². The van der Waals surface area contributed by atoms with Gasteiger partial charge in [-0.1, -0.05) is 55.7 Å². The predicted molar refractivity (Wildman–Crippen MR) is 114 cm³/mol. The van der Waals surface area contributed by atoms with Gasteiger partial charge in [0.05, 0.1) is 10.9 Å². The van der Waals surface area contributed by atoms with E-state index in [1.807, 2.05) is 0 Å². The highest BCUT2D eigenvalue weighted by atomic mass is 16.3.